The van der Waals surface area contributed by atoms with Gasteiger partial charge in [-0.1, -0.05) is 75.2 Å². The van der Waals surface area contributed by atoms with E-state index in [4.69, 9.17) is 27.9 Å². The van der Waals surface area contributed by atoms with Gasteiger partial charge in [-0.05, 0) is 65.9 Å². The molecule has 222 valence electrons. The standard InChI is InChI=1S/C33H37Cl2N3O4/c1-6-38-27(17-32(2,3)4)33(18-36-25-16-20(34)12-13-22(25)33)28(21-9-7-8-10-23(21)35)29(38)30(39)37-24-14-11-19(31(40)41)15-26(24)42-5/h7-16,27-29,36H,6,17-18H2,1-5H3,(H,37,39)(H,40,41)/t27-,28-,29+,33-/m0/s1. The molecule has 2 aliphatic heterocycles. The molecule has 1 amide bonds. The number of ether oxygens (including phenoxy) is 1. The molecule has 9 heteroatoms. The van der Waals surface area contributed by atoms with E-state index in [-0.39, 0.29) is 34.6 Å². The van der Waals surface area contributed by atoms with E-state index in [1.54, 1.807) is 6.07 Å². The van der Waals surface area contributed by atoms with Crippen molar-refractivity contribution in [3.8, 4) is 5.75 Å². The van der Waals surface area contributed by atoms with Crippen molar-refractivity contribution in [1.82, 2.24) is 4.90 Å². The maximum Gasteiger partial charge on any atom is 0.335 e. The zero-order valence-corrected chi connectivity index (χ0v) is 26.0. The molecule has 0 bridgehead atoms. The van der Waals surface area contributed by atoms with Crippen LogP contribution in [0.25, 0.3) is 0 Å². The third-order valence-corrected chi connectivity index (χ3v) is 9.24. The van der Waals surface area contributed by atoms with E-state index in [0.717, 1.165) is 23.2 Å². The van der Waals surface area contributed by atoms with Crippen LogP contribution in [0.1, 0.15) is 61.5 Å². The third-order valence-electron chi connectivity index (χ3n) is 8.66. The number of nitrogens with zero attached hydrogens (tertiary/aromatic N) is 1. The lowest BCUT2D eigenvalue weighted by Gasteiger charge is -2.41. The van der Waals surface area contributed by atoms with Crippen molar-refractivity contribution >= 4 is 46.5 Å². The van der Waals surface area contributed by atoms with Crippen LogP contribution in [-0.2, 0) is 10.2 Å². The zero-order valence-electron chi connectivity index (χ0n) is 24.5. The second-order valence-electron chi connectivity index (χ2n) is 12.3. The maximum absolute atomic E-state index is 14.6. The first-order chi connectivity index (χ1) is 19.9. The number of carboxylic acids is 1. The Morgan fingerprint density at radius 1 is 1.12 bits per heavy atom. The highest BCUT2D eigenvalue weighted by Gasteiger charge is 2.64. The number of hydrogen-bond donors (Lipinski definition) is 3. The first kappa shape index (κ1) is 30.2. The Kier molecular flexibility index (Phi) is 8.23. The van der Waals surface area contributed by atoms with Crippen molar-refractivity contribution in [3.05, 3.63) is 87.4 Å². The SMILES string of the molecule is CCN1[C@@H](CC(C)(C)C)[C@@]2(CNc3cc(Cl)ccc32)[C@@H](c2ccccc2Cl)[C@@H]1C(=O)Nc1ccc(C(=O)O)cc1OC. The van der Waals surface area contributed by atoms with Crippen LogP contribution in [0.5, 0.6) is 5.75 Å². The predicted molar refractivity (Wildman–Crippen MR) is 168 cm³/mol. The van der Waals surface area contributed by atoms with E-state index in [1.165, 1.54) is 19.2 Å². The zero-order chi connectivity index (χ0) is 30.4. The van der Waals surface area contributed by atoms with Crippen LogP contribution in [-0.4, -0.2) is 54.2 Å². The van der Waals surface area contributed by atoms with Gasteiger partial charge in [-0.3, -0.25) is 9.69 Å². The molecular formula is C33H37Cl2N3O4. The molecule has 7 nitrogen and oxygen atoms in total. The summed E-state index contributed by atoms with van der Waals surface area (Å²) in [5.41, 5.74) is 2.97. The number of carbonyl (C=O) groups excluding carboxylic acids is 1. The Hall–Kier alpha value is -3.26. The lowest BCUT2D eigenvalue weighted by atomic mass is 9.63. The van der Waals surface area contributed by atoms with E-state index in [9.17, 15) is 14.7 Å². The molecule has 3 aromatic rings. The van der Waals surface area contributed by atoms with Crippen LogP contribution in [0.2, 0.25) is 10.0 Å². The second-order valence-corrected chi connectivity index (χ2v) is 13.2. The number of aromatic carboxylic acids is 1. The molecule has 3 aromatic carbocycles. The summed E-state index contributed by atoms with van der Waals surface area (Å²) in [6, 6.07) is 17.6. The first-order valence-electron chi connectivity index (χ1n) is 14.2. The van der Waals surface area contributed by atoms with Gasteiger partial charge < -0.3 is 20.5 Å². The number of amides is 1. The number of fused-ring (bicyclic) bond motifs is 2. The third kappa shape index (κ3) is 5.23. The number of nitrogens with one attached hydrogen (secondary N) is 2. The van der Waals surface area contributed by atoms with Crippen LogP contribution in [0.15, 0.2) is 60.7 Å². The molecule has 2 aliphatic rings. The van der Waals surface area contributed by atoms with E-state index in [1.807, 2.05) is 36.4 Å². The minimum absolute atomic E-state index is 0.00858. The Labute approximate surface area is 257 Å². The molecule has 1 fully saturated rings. The van der Waals surface area contributed by atoms with Crippen LogP contribution in [0.3, 0.4) is 0 Å². The molecule has 1 saturated heterocycles. The molecule has 0 radical (unpaired) electrons. The normalized spacial score (nSPS) is 23.5. The lowest BCUT2D eigenvalue weighted by molar-refractivity contribution is -0.121. The largest absolute Gasteiger partial charge is 0.495 e. The van der Waals surface area contributed by atoms with Gasteiger partial charge in [0.25, 0.3) is 0 Å². The molecular weight excluding hydrogens is 573 g/mol. The smallest absolute Gasteiger partial charge is 0.335 e. The highest BCUT2D eigenvalue weighted by Crippen LogP contribution is 2.60. The van der Waals surface area contributed by atoms with Gasteiger partial charge in [0.2, 0.25) is 5.91 Å². The number of carboxylic acid groups (broad SMARTS) is 1. The number of likely N-dealkylation sites (N-methyl/N-ethyl adjacent to an activating group) is 1. The summed E-state index contributed by atoms with van der Waals surface area (Å²) in [5.74, 6) is -1.31. The van der Waals surface area contributed by atoms with Crippen molar-refractivity contribution in [2.24, 2.45) is 5.41 Å². The van der Waals surface area contributed by atoms with E-state index in [0.29, 0.717) is 28.8 Å². The first-order valence-corrected chi connectivity index (χ1v) is 14.9. The average Bonchev–Trinajstić information content (AvgIpc) is 3.43. The number of rotatable bonds is 7. The van der Waals surface area contributed by atoms with Gasteiger partial charge in [-0.2, -0.15) is 0 Å². The Morgan fingerprint density at radius 3 is 2.50 bits per heavy atom. The Balaban J connectivity index is 1.71. The van der Waals surface area contributed by atoms with Crippen LogP contribution < -0.4 is 15.4 Å². The van der Waals surface area contributed by atoms with E-state index < -0.39 is 17.4 Å². The molecule has 0 unspecified atom stereocenters. The summed E-state index contributed by atoms with van der Waals surface area (Å²) in [7, 11) is 1.46. The molecule has 3 N–H and O–H groups in total. The highest BCUT2D eigenvalue weighted by molar-refractivity contribution is 6.31. The van der Waals surface area contributed by atoms with Gasteiger partial charge in [-0.15, -0.1) is 0 Å². The highest BCUT2D eigenvalue weighted by atomic mass is 35.5. The monoisotopic (exact) mass is 609 g/mol. The van der Waals surface area contributed by atoms with Crippen molar-refractivity contribution in [3.63, 3.8) is 0 Å². The fourth-order valence-corrected chi connectivity index (χ4v) is 7.48. The summed E-state index contributed by atoms with van der Waals surface area (Å²) >= 11 is 13.4. The molecule has 0 aliphatic carbocycles. The number of likely N-dealkylation sites (tertiary alicyclic amines) is 1. The molecule has 42 heavy (non-hydrogen) atoms. The van der Waals surface area contributed by atoms with Crippen LogP contribution >= 0.6 is 23.2 Å². The summed E-state index contributed by atoms with van der Waals surface area (Å²) in [6.45, 7) is 10.0. The van der Waals surface area contributed by atoms with Gasteiger partial charge in [0.1, 0.15) is 5.75 Å². The molecule has 5 rings (SSSR count). The summed E-state index contributed by atoms with van der Waals surface area (Å²) in [4.78, 5) is 28.5. The van der Waals surface area contributed by atoms with Crippen molar-refractivity contribution in [2.75, 3.05) is 30.8 Å². The lowest BCUT2D eigenvalue weighted by Crippen LogP contribution is -2.48. The molecule has 1 spiro atoms. The average molecular weight is 611 g/mol. The van der Waals surface area contributed by atoms with Crippen molar-refractivity contribution < 1.29 is 19.4 Å². The van der Waals surface area contributed by atoms with Gasteiger partial charge in [-0.25, -0.2) is 4.79 Å². The quantitative estimate of drug-likeness (QED) is 0.260. The number of carbonyl (C=O) groups is 2. The molecule has 0 saturated carbocycles. The van der Waals surface area contributed by atoms with Gasteiger partial charge in [0, 0.05) is 39.7 Å². The Morgan fingerprint density at radius 2 is 1.86 bits per heavy atom. The fourth-order valence-electron chi connectivity index (χ4n) is 7.06. The number of hydrogen-bond acceptors (Lipinski definition) is 5. The summed E-state index contributed by atoms with van der Waals surface area (Å²) < 4.78 is 5.49. The van der Waals surface area contributed by atoms with E-state index in [2.05, 4.69) is 49.3 Å². The molecule has 0 aromatic heterocycles. The molecule has 4 atom stereocenters. The maximum atomic E-state index is 14.6. The van der Waals surface area contributed by atoms with Crippen LogP contribution in [0.4, 0.5) is 11.4 Å². The fraction of sp³-hybridized carbons (Fsp3) is 0.394. The van der Waals surface area contributed by atoms with E-state index >= 15 is 0 Å². The van der Waals surface area contributed by atoms with Crippen LogP contribution in [0, 0.1) is 5.41 Å². The second kappa shape index (κ2) is 11.4. The number of methoxy groups -OCH3 is 1. The van der Waals surface area contributed by atoms with Gasteiger partial charge in [0.05, 0.1) is 24.4 Å². The summed E-state index contributed by atoms with van der Waals surface area (Å²) in [5, 5.41) is 17.5. The topological polar surface area (TPSA) is 90.9 Å². The molecule has 2 heterocycles. The predicted octanol–water partition coefficient (Wildman–Crippen LogP) is 7.29. The number of anilines is 2. The van der Waals surface area contributed by atoms with Crippen molar-refractivity contribution in [1.29, 1.82) is 0 Å². The number of benzene rings is 3. The van der Waals surface area contributed by atoms with Gasteiger partial charge in [0.15, 0.2) is 0 Å². The minimum Gasteiger partial charge on any atom is -0.495 e. The minimum atomic E-state index is -1.07. The summed E-state index contributed by atoms with van der Waals surface area (Å²) in [6.07, 6.45) is 0.839. The number of halogens is 2. The Bertz CT molecular complexity index is 1520. The van der Waals surface area contributed by atoms with Gasteiger partial charge >= 0.3 is 5.97 Å². The van der Waals surface area contributed by atoms with Crippen molar-refractivity contribution in [2.45, 2.75) is 57.5 Å².